The number of amides is 7. The maximum atomic E-state index is 12.9. The van der Waals surface area contributed by atoms with Gasteiger partial charge in [-0.25, -0.2) is 19.2 Å². The molecule has 4 heterocycles. The Morgan fingerprint density at radius 3 is 0.948 bits per heavy atom. The molecule has 4 rings (SSSR count). The summed E-state index contributed by atoms with van der Waals surface area (Å²) in [7, 11) is 0. The number of ketones is 2. The maximum Gasteiger partial charge on any atom is 0.333 e. The molecule has 0 aromatic heterocycles. The van der Waals surface area contributed by atoms with E-state index in [2.05, 4.69) is 6.58 Å². The average molecular weight is 1100 g/mol. The van der Waals surface area contributed by atoms with Gasteiger partial charge in [0.05, 0.1) is 50.8 Å². The normalized spacial score (nSPS) is 15.7. The lowest BCUT2D eigenvalue weighted by Crippen LogP contribution is -2.43. The Bertz CT molecular complexity index is 2040. The fraction of sp³-hybridized carbons (Fsp3) is 0.646. The molecule has 4 fully saturated rings. The van der Waals surface area contributed by atoms with Gasteiger partial charge in [-0.15, -0.1) is 20.3 Å². The third-order valence-electron chi connectivity index (χ3n) is 11.3. The van der Waals surface area contributed by atoms with E-state index in [1.54, 1.807) is 0 Å². The lowest BCUT2D eigenvalue weighted by atomic mass is 9.92. The molecule has 4 aliphatic rings. The molecule has 0 atom stereocenters. The number of Topliss-reactive ketones (excluding diaryl/α,β-unsaturated/α-hetero) is 2. The summed E-state index contributed by atoms with van der Waals surface area (Å²) in [6.07, 6.45) is -2.11. The first-order valence-corrected chi connectivity index (χ1v) is 24.8. The number of ether oxygens (including phenoxy) is 6. The zero-order chi connectivity index (χ0) is 56.3. The van der Waals surface area contributed by atoms with E-state index in [1.807, 2.05) is 0 Å². The van der Waals surface area contributed by atoms with Gasteiger partial charge in [0, 0.05) is 96.3 Å². The number of carbonyl (C=O) groups is 15. The zero-order valence-electron chi connectivity index (χ0n) is 42.4. The van der Waals surface area contributed by atoms with Gasteiger partial charge in [-0.3, -0.25) is 52.7 Å². The third kappa shape index (κ3) is 22.4. The summed E-state index contributed by atoms with van der Waals surface area (Å²) in [5, 5.41) is 1.98. The molecule has 0 aromatic carbocycles. The van der Waals surface area contributed by atoms with E-state index in [-0.39, 0.29) is 175 Å². The number of nitrogens with zero attached hydrogens (tertiary/aromatic N) is 4. The molecule has 77 heavy (non-hydrogen) atoms. The van der Waals surface area contributed by atoms with Gasteiger partial charge in [0.2, 0.25) is 0 Å². The van der Waals surface area contributed by atoms with Crippen LogP contribution in [0.5, 0.6) is 0 Å². The number of allylic oxidation sites excluding steroid dienone is 1. The predicted molar refractivity (Wildman–Crippen MR) is 246 cm³/mol. The number of imide groups is 3. The van der Waals surface area contributed by atoms with Gasteiger partial charge in [-0.05, 0) is 32.1 Å². The highest BCUT2D eigenvalue weighted by atomic mass is 16.7. The Kier molecular flexibility index (Phi) is 26.1. The van der Waals surface area contributed by atoms with Gasteiger partial charge in [0.25, 0.3) is 41.4 Å². The van der Waals surface area contributed by atoms with Crippen molar-refractivity contribution in [3.63, 3.8) is 0 Å². The minimum atomic E-state index is -1.37. The van der Waals surface area contributed by atoms with Gasteiger partial charge in [-0.1, -0.05) is 6.58 Å². The fourth-order valence-electron chi connectivity index (χ4n) is 7.23. The summed E-state index contributed by atoms with van der Waals surface area (Å²) in [5.41, 5.74) is -1.03. The largest absolute Gasteiger partial charge is 0.463 e. The highest BCUT2D eigenvalue weighted by molar-refractivity contribution is 6.03. The van der Waals surface area contributed by atoms with Crippen molar-refractivity contribution in [1.29, 1.82) is 0 Å². The van der Waals surface area contributed by atoms with E-state index >= 15 is 0 Å². The summed E-state index contributed by atoms with van der Waals surface area (Å²) in [6.45, 7) is 0.247. The zero-order valence-corrected chi connectivity index (χ0v) is 42.4. The van der Waals surface area contributed by atoms with E-state index in [0.717, 1.165) is 5.06 Å². The Labute approximate surface area is 440 Å². The Balaban J connectivity index is 1.32. The molecular weight excluding hydrogens is 1030 g/mol. The molecule has 424 valence electrons. The van der Waals surface area contributed by atoms with Crippen molar-refractivity contribution in [1.82, 2.24) is 20.3 Å². The monoisotopic (exact) mass is 1090 g/mol. The molecular formula is C48H62N4O25. The van der Waals surface area contributed by atoms with Crippen LogP contribution in [-0.4, -0.2) is 175 Å². The molecule has 0 spiro atoms. The van der Waals surface area contributed by atoms with Crippen LogP contribution >= 0.6 is 0 Å². The van der Waals surface area contributed by atoms with Crippen molar-refractivity contribution < 1.29 is 120 Å². The predicted octanol–water partition coefficient (Wildman–Crippen LogP) is 0.361. The van der Waals surface area contributed by atoms with Gasteiger partial charge in [0.1, 0.15) is 26.4 Å². The number of hydroxylamine groups is 8. The highest BCUT2D eigenvalue weighted by Gasteiger charge is 2.37. The molecule has 0 bridgehead atoms. The second-order valence-electron chi connectivity index (χ2n) is 17.9. The van der Waals surface area contributed by atoms with Crippen LogP contribution in [0.1, 0.15) is 128 Å². The van der Waals surface area contributed by atoms with Gasteiger partial charge < -0.3 is 47.8 Å². The molecule has 4 saturated heterocycles. The number of carbonyl (C=O) groups excluding carboxylic acids is 15. The summed E-state index contributed by atoms with van der Waals surface area (Å²) in [6, 6.07) is 0. The molecule has 0 aromatic rings. The second-order valence-corrected chi connectivity index (χ2v) is 17.9. The Hall–Kier alpha value is -7.37. The van der Waals surface area contributed by atoms with Crippen molar-refractivity contribution in [2.24, 2.45) is 5.41 Å². The van der Waals surface area contributed by atoms with Crippen LogP contribution < -0.4 is 0 Å². The molecule has 4 aliphatic heterocycles. The van der Waals surface area contributed by atoms with Crippen LogP contribution in [0.3, 0.4) is 0 Å². The van der Waals surface area contributed by atoms with E-state index < -0.39 is 107 Å². The first-order chi connectivity index (χ1) is 36.7. The molecule has 0 aliphatic carbocycles. The van der Waals surface area contributed by atoms with Crippen LogP contribution in [0.25, 0.3) is 0 Å². The van der Waals surface area contributed by atoms with E-state index in [4.69, 9.17) is 47.8 Å². The highest BCUT2D eigenvalue weighted by Crippen LogP contribution is 2.24. The summed E-state index contributed by atoms with van der Waals surface area (Å²) in [5.74, 6) is -10.3. The van der Waals surface area contributed by atoms with Gasteiger partial charge in [0.15, 0.2) is 11.6 Å². The molecule has 0 saturated carbocycles. The maximum absolute atomic E-state index is 12.9. The summed E-state index contributed by atoms with van der Waals surface area (Å²) < 4.78 is 33.7. The number of esters is 2. The molecule has 0 radical (unpaired) electrons. The first-order valence-electron chi connectivity index (χ1n) is 24.8. The van der Waals surface area contributed by atoms with E-state index in [0.29, 0.717) is 27.3 Å². The van der Waals surface area contributed by atoms with Crippen molar-refractivity contribution in [3.8, 4) is 0 Å². The molecule has 0 N–H and O–H groups in total. The minimum Gasteiger partial charge on any atom is -0.463 e. The first kappa shape index (κ1) is 62.2. The van der Waals surface area contributed by atoms with Gasteiger partial charge in [-0.2, -0.15) is 0 Å². The third-order valence-corrected chi connectivity index (χ3v) is 11.3. The van der Waals surface area contributed by atoms with Crippen molar-refractivity contribution >= 4 is 88.7 Å². The van der Waals surface area contributed by atoms with E-state index in [1.165, 1.54) is 0 Å². The average Bonchev–Trinajstić information content (AvgIpc) is 4.09. The fourth-order valence-corrected chi connectivity index (χ4v) is 7.23. The molecule has 29 heteroatoms. The summed E-state index contributed by atoms with van der Waals surface area (Å²) in [4.78, 5) is 201. The lowest BCUT2D eigenvalue weighted by molar-refractivity contribution is -0.197. The SMILES string of the molecule is C=C1CCC(=O)N1OC(=O)CCCC(=O)OCCOCC(COCCOC(=O)CCCC(=O)ON1C(=O)CCC1=O)(COCC(=O)CCCC(=O)ON1C(=O)CCC1=O)COCC(=O)CCCC(=O)ON1C(=O)CCC1=O. The van der Waals surface area contributed by atoms with Crippen LogP contribution in [0, 0.1) is 5.41 Å². The van der Waals surface area contributed by atoms with Crippen molar-refractivity contribution in [2.75, 3.05) is 66.1 Å². The van der Waals surface area contributed by atoms with Gasteiger partial charge >= 0.3 is 35.8 Å². The van der Waals surface area contributed by atoms with Crippen LogP contribution in [-0.2, 0) is 120 Å². The standard InChI is InChI=1S/C48H62N4O25/c1-32-14-15-35(55)49(32)74-44(64)12-4-8-42(62)72-24-22-68-28-48(30-70-26-33(53)6-2-10-45(65)75-50-36(56)16-17-37(50)57,31-71-27-34(54)7-3-11-46(66)76-51-38(58)18-19-39(51)59)29-69-23-25-73-43(63)9-5-13-47(67)77-52-40(60)20-21-41(52)61/h1-31H2. The number of hydrogen-bond acceptors (Lipinski definition) is 25. The van der Waals surface area contributed by atoms with Crippen LogP contribution in [0.2, 0.25) is 0 Å². The smallest absolute Gasteiger partial charge is 0.333 e. The molecule has 29 nitrogen and oxygen atoms in total. The number of rotatable bonds is 38. The van der Waals surface area contributed by atoms with Crippen molar-refractivity contribution in [2.45, 2.75) is 128 Å². The summed E-state index contributed by atoms with van der Waals surface area (Å²) >= 11 is 0. The van der Waals surface area contributed by atoms with Crippen LogP contribution in [0.15, 0.2) is 12.3 Å². The molecule has 7 amide bonds. The Morgan fingerprint density at radius 2 is 0.623 bits per heavy atom. The van der Waals surface area contributed by atoms with Crippen molar-refractivity contribution in [3.05, 3.63) is 12.3 Å². The lowest BCUT2D eigenvalue weighted by Gasteiger charge is -2.33. The second kappa shape index (κ2) is 32.3. The van der Waals surface area contributed by atoms with Crippen LogP contribution in [0.4, 0.5) is 0 Å². The topological polar surface area (TPSA) is 361 Å². The number of hydrogen-bond donors (Lipinski definition) is 0. The Morgan fingerprint density at radius 1 is 0.351 bits per heavy atom. The quantitative estimate of drug-likeness (QED) is 0.0457. The molecule has 0 unspecified atom stereocenters. The minimum absolute atomic E-state index is 0.0319. The van der Waals surface area contributed by atoms with E-state index in [9.17, 15) is 71.9 Å².